The second-order valence-corrected chi connectivity index (χ2v) is 4.49. The zero-order valence-electron chi connectivity index (χ0n) is 9.20. The Morgan fingerprint density at radius 1 is 1.73 bits per heavy atom. The van der Waals surface area contributed by atoms with Crippen LogP contribution in [-0.2, 0) is 6.54 Å². The molecule has 4 nitrogen and oxygen atoms in total. The average molecular weight is 204 g/mol. The third kappa shape index (κ3) is 2.37. The number of nitrogens with zero attached hydrogens (tertiary/aromatic N) is 3. The van der Waals surface area contributed by atoms with Crippen LogP contribution >= 0.6 is 0 Å². The van der Waals surface area contributed by atoms with Crippen molar-refractivity contribution in [1.82, 2.24) is 15.1 Å². The fraction of sp³-hybridized carbons (Fsp3) is 0.636. The van der Waals surface area contributed by atoms with Crippen LogP contribution in [0.3, 0.4) is 0 Å². The predicted octanol–water partition coefficient (Wildman–Crippen LogP) is 1.23. The van der Waals surface area contributed by atoms with Gasteiger partial charge in [0.1, 0.15) is 5.54 Å². The summed E-state index contributed by atoms with van der Waals surface area (Å²) < 4.78 is 1.87. The van der Waals surface area contributed by atoms with Gasteiger partial charge in [-0.15, -0.1) is 0 Å². The van der Waals surface area contributed by atoms with Crippen molar-refractivity contribution in [2.75, 3.05) is 0 Å². The molecule has 1 aromatic rings. The molecule has 0 aliphatic heterocycles. The van der Waals surface area contributed by atoms with Crippen molar-refractivity contribution in [3.63, 3.8) is 0 Å². The van der Waals surface area contributed by atoms with Crippen molar-refractivity contribution in [2.24, 2.45) is 0 Å². The van der Waals surface area contributed by atoms with E-state index >= 15 is 0 Å². The van der Waals surface area contributed by atoms with E-state index < -0.39 is 5.54 Å². The van der Waals surface area contributed by atoms with Crippen LogP contribution in [-0.4, -0.2) is 21.4 Å². The number of aromatic nitrogens is 2. The minimum Gasteiger partial charge on any atom is -0.295 e. The minimum atomic E-state index is -0.502. The van der Waals surface area contributed by atoms with E-state index in [4.69, 9.17) is 0 Å². The molecule has 1 heterocycles. The highest BCUT2D eigenvalue weighted by molar-refractivity contribution is 5.09. The zero-order valence-corrected chi connectivity index (χ0v) is 9.20. The molecule has 4 heteroatoms. The molecule has 1 aliphatic carbocycles. The molecule has 0 saturated heterocycles. The predicted molar refractivity (Wildman–Crippen MR) is 57.1 cm³/mol. The molecule has 0 aromatic carbocycles. The Hall–Kier alpha value is -1.34. The Kier molecular flexibility index (Phi) is 2.49. The summed E-state index contributed by atoms with van der Waals surface area (Å²) in [6.45, 7) is 4.55. The van der Waals surface area contributed by atoms with Crippen LogP contribution in [0.1, 0.15) is 25.5 Å². The number of rotatable bonds is 4. The Bertz CT molecular complexity index is 386. The maximum absolute atomic E-state index is 9.20. The molecular formula is C11H16N4. The molecule has 15 heavy (non-hydrogen) atoms. The molecule has 1 unspecified atom stereocenters. The van der Waals surface area contributed by atoms with Crippen LogP contribution in [0, 0.1) is 18.3 Å². The van der Waals surface area contributed by atoms with Gasteiger partial charge in [0.05, 0.1) is 12.6 Å². The van der Waals surface area contributed by atoms with E-state index in [0.29, 0.717) is 12.6 Å². The first-order valence-electron chi connectivity index (χ1n) is 5.30. The Labute approximate surface area is 89.9 Å². The van der Waals surface area contributed by atoms with Crippen LogP contribution in [0.2, 0.25) is 0 Å². The van der Waals surface area contributed by atoms with Gasteiger partial charge in [0.25, 0.3) is 0 Å². The highest BCUT2D eigenvalue weighted by atomic mass is 15.3. The van der Waals surface area contributed by atoms with Crippen molar-refractivity contribution in [2.45, 2.75) is 44.8 Å². The van der Waals surface area contributed by atoms with E-state index in [1.54, 1.807) is 6.20 Å². The van der Waals surface area contributed by atoms with Crippen molar-refractivity contribution in [3.05, 3.63) is 18.0 Å². The van der Waals surface area contributed by atoms with Crippen LogP contribution < -0.4 is 5.32 Å². The number of hydrogen-bond acceptors (Lipinski definition) is 3. The lowest BCUT2D eigenvalue weighted by Crippen LogP contribution is -2.46. The fourth-order valence-electron chi connectivity index (χ4n) is 1.66. The quantitative estimate of drug-likeness (QED) is 0.802. The summed E-state index contributed by atoms with van der Waals surface area (Å²) in [6, 6.07) is 4.83. The summed E-state index contributed by atoms with van der Waals surface area (Å²) in [7, 11) is 0. The lowest BCUT2D eigenvalue weighted by atomic mass is 10.0. The first kappa shape index (κ1) is 10.2. The number of hydrogen-bond donors (Lipinski definition) is 1. The van der Waals surface area contributed by atoms with Gasteiger partial charge in [0, 0.05) is 17.9 Å². The van der Waals surface area contributed by atoms with Crippen LogP contribution in [0.4, 0.5) is 0 Å². The molecule has 2 rings (SSSR count). The molecule has 0 amide bonds. The monoisotopic (exact) mass is 204 g/mol. The lowest BCUT2D eigenvalue weighted by molar-refractivity contribution is 0.363. The van der Waals surface area contributed by atoms with Gasteiger partial charge in [-0.2, -0.15) is 10.4 Å². The lowest BCUT2D eigenvalue weighted by Gasteiger charge is -2.23. The van der Waals surface area contributed by atoms with Gasteiger partial charge in [-0.25, -0.2) is 0 Å². The number of aryl methyl sites for hydroxylation is 1. The maximum atomic E-state index is 9.20. The van der Waals surface area contributed by atoms with Crippen LogP contribution in [0.5, 0.6) is 0 Å². The van der Waals surface area contributed by atoms with Gasteiger partial charge in [-0.05, 0) is 32.8 Å². The maximum Gasteiger partial charge on any atom is 0.123 e. The van der Waals surface area contributed by atoms with E-state index in [9.17, 15) is 5.26 Å². The Balaban J connectivity index is 2.07. The first-order chi connectivity index (χ1) is 7.13. The second kappa shape index (κ2) is 3.67. The number of nitriles is 1. The normalized spacial score (nSPS) is 19.5. The summed E-state index contributed by atoms with van der Waals surface area (Å²) >= 11 is 0. The molecule has 1 aromatic heterocycles. The largest absolute Gasteiger partial charge is 0.295 e. The van der Waals surface area contributed by atoms with Crippen LogP contribution in [0.25, 0.3) is 0 Å². The van der Waals surface area contributed by atoms with Crippen molar-refractivity contribution < 1.29 is 0 Å². The molecule has 1 aliphatic rings. The van der Waals surface area contributed by atoms with Gasteiger partial charge in [0.2, 0.25) is 0 Å². The molecule has 1 fully saturated rings. The van der Waals surface area contributed by atoms with E-state index in [1.807, 2.05) is 24.6 Å². The second-order valence-electron chi connectivity index (χ2n) is 4.49. The summed E-state index contributed by atoms with van der Waals surface area (Å²) in [4.78, 5) is 0. The minimum absolute atomic E-state index is 0.502. The molecule has 1 atom stereocenters. The summed E-state index contributed by atoms with van der Waals surface area (Å²) in [6.07, 6.45) is 4.15. The third-order valence-corrected chi connectivity index (χ3v) is 2.74. The molecular weight excluding hydrogens is 188 g/mol. The highest BCUT2D eigenvalue weighted by Crippen LogP contribution is 2.23. The van der Waals surface area contributed by atoms with Crippen molar-refractivity contribution >= 4 is 0 Å². The molecule has 1 N–H and O–H groups in total. The Morgan fingerprint density at radius 3 is 2.93 bits per heavy atom. The zero-order chi connectivity index (χ0) is 10.9. The van der Waals surface area contributed by atoms with E-state index in [0.717, 1.165) is 5.69 Å². The first-order valence-corrected chi connectivity index (χ1v) is 5.30. The SMILES string of the molecule is Cc1ccnn1CC(C)(C#N)NC1CC1. The van der Waals surface area contributed by atoms with Gasteiger partial charge < -0.3 is 0 Å². The molecule has 0 radical (unpaired) electrons. The van der Waals surface area contributed by atoms with Crippen molar-refractivity contribution in [3.8, 4) is 6.07 Å². The standard InChI is InChI=1S/C11H16N4/c1-9-5-6-13-15(9)8-11(2,7-12)14-10-3-4-10/h5-6,10,14H,3-4,8H2,1-2H3. The van der Waals surface area contributed by atoms with Gasteiger partial charge in [-0.3, -0.25) is 10.00 Å². The third-order valence-electron chi connectivity index (χ3n) is 2.74. The molecule has 0 bridgehead atoms. The molecule has 1 saturated carbocycles. The summed E-state index contributed by atoms with van der Waals surface area (Å²) in [5, 5.41) is 16.8. The molecule has 80 valence electrons. The van der Waals surface area contributed by atoms with Crippen LogP contribution in [0.15, 0.2) is 12.3 Å². The number of nitrogens with one attached hydrogen (secondary N) is 1. The topological polar surface area (TPSA) is 53.6 Å². The highest BCUT2D eigenvalue weighted by Gasteiger charge is 2.33. The van der Waals surface area contributed by atoms with E-state index in [-0.39, 0.29) is 0 Å². The summed E-state index contributed by atoms with van der Waals surface area (Å²) in [5.41, 5.74) is 0.590. The van der Waals surface area contributed by atoms with Gasteiger partial charge in [-0.1, -0.05) is 0 Å². The van der Waals surface area contributed by atoms with E-state index in [2.05, 4.69) is 16.5 Å². The smallest absolute Gasteiger partial charge is 0.123 e. The fourth-order valence-corrected chi connectivity index (χ4v) is 1.66. The van der Waals surface area contributed by atoms with Crippen molar-refractivity contribution in [1.29, 1.82) is 5.26 Å². The Morgan fingerprint density at radius 2 is 2.47 bits per heavy atom. The average Bonchev–Trinajstić information content (AvgIpc) is 2.92. The van der Waals surface area contributed by atoms with Gasteiger partial charge in [0.15, 0.2) is 0 Å². The van der Waals surface area contributed by atoms with E-state index in [1.165, 1.54) is 12.8 Å². The van der Waals surface area contributed by atoms with Gasteiger partial charge >= 0.3 is 0 Å². The molecule has 0 spiro atoms. The summed E-state index contributed by atoms with van der Waals surface area (Å²) in [5.74, 6) is 0.